The molecule has 0 saturated carbocycles. The maximum Gasteiger partial charge on any atom is 0.0521 e. The van der Waals surface area contributed by atoms with Gasteiger partial charge in [0, 0.05) is 31.7 Å². The first kappa shape index (κ1) is 12.8. The van der Waals surface area contributed by atoms with Crippen LogP contribution < -0.4 is 5.32 Å². The van der Waals surface area contributed by atoms with Crippen LogP contribution in [0.4, 0.5) is 0 Å². The summed E-state index contributed by atoms with van der Waals surface area (Å²) in [5.41, 5.74) is 2.63. The van der Waals surface area contributed by atoms with Gasteiger partial charge in [0.15, 0.2) is 0 Å². The van der Waals surface area contributed by atoms with Crippen LogP contribution in [0.5, 0.6) is 0 Å². The smallest absolute Gasteiger partial charge is 0.0521 e. The third kappa shape index (κ3) is 3.67. The van der Waals surface area contributed by atoms with E-state index in [1.54, 1.807) is 0 Å². The topological polar surface area (TPSA) is 42.7 Å². The summed E-state index contributed by atoms with van der Waals surface area (Å²) in [6.45, 7) is 0. The van der Waals surface area contributed by atoms with Gasteiger partial charge in [-0.1, -0.05) is 0 Å². The van der Waals surface area contributed by atoms with Gasteiger partial charge in [0.05, 0.1) is 6.20 Å². The van der Waals surface area contributed by atoms with Crippen molar-refractivity contribution in [3.63, 3.8) is 0 Å². The first-order chi connectivity index (χ1) is 8.78. The van der Waals surface area contributed by atoms with Crippen LogP contribution in [0.3, 0.4) is 0 Å². The van der Waals surface area contributed by atoms with Crippen molar-refractivity contribution in [3.8, 4) is 0 Å². The second-order valence-corrected chi connectivity index (χ2v) is 4.61. The lowest BCUT2D eigenvalue weighted by Crippen LogP contribution is -2.28. The monoisotopic (exact) mass is 244 g/mol. The molecule has 2 rings (SSSR count). The van der Waals surface area contributed by atoms with E-state index in [9.17, 15) is 0 Å². The van der Waals surface area contributed by atoms with Crippen LogP contribution in [-0.2, 0) is 19.9 Å². The molecule has 0 fully saturated rings. The predicted octanol–water partition coefficient (Wildman–Crippen LogP) is 1.58. The standard InChI is InChI=1S/C14H20N4/c1-15-14(9-12-5-7-16-8-6-12)4-3-13-10-17-18(2)11-13/h5-8,10-11,14-15H,3-4,9H2,1-2H3. The molecule has 1 N–H and O–H groups in total. The zero-order valence-corrected chi connectivity index (χ0v) is 11.0. The summed E-state index contributed by atoms with van der Waals surface area (Å²) >= 11 is 0. The Morgan fingerprint density at radius 2 is 2.06 bits per heavy atom. The van der Waals surface area contributed by atoms with Crippen molar-refractivity contribution in [2.24, 2.45) is 7.05 Å². The van der Waals surface area contributed by atoms with Crippen molar-refractivity contribution in [2.75, 3.05) is 7.05 Å². The fourth-order valence-electron chi connectivity index (χ4n) is 2.09. The zero-order valence-electron chi connectivity index (χ0n) is 11.0. The van der Waals surface area contributed by atoms with Crippen LogP contribution in [0, 0.1) is 0 Å². The number of aryl methyl sites for hydroxylation is 2. The fourth-order valence-corrected chi connectivity index (χ4v) is 2.09. The summed E-state index contributed by atoms with van der Waals surface area (Å²) in [5, 5.41) is 7.57. The summed E-state index contributed by atoms with van der Waals surface area (Å²) in [6.07, 6.45) is 10.9. The minimum absolute atomic E-state index is 0.493. The Morgan fingerprint density at radius 3 is 2.67 bits per heavy atom. The Morgan fingerprint density at radius 1 is 1.28 bits per heavy atom. The maximum atomic E-state index is 4.19. The molecule has 1 unspecified atom stereocenters. The van der Waals surface area contributed by atoms with Crippen LogP contribution >= 0.6 is 0 Å². The number of aromatic nitrogens is 3. The summed E-state index contributed by atoms with van der Waals surface area (Å²) in [5.74, 6) is 0. The van der Waals surface area contributed by atoms with Crippen molar-refractivity contribution in [2.45, 2.75) is 25.3 Å². The molecular formula is C14H20N4. The van der Waals surface area contributed by atoms with Gasteiger partial charge in [-0.25, -0.2) is 0 Å². The minimum Gasteiger partial charge on any atom is -0.317 e. The molecule has 0 radical (unpaired) electrons. The number of pyridine rings is 1. The van der Waals surface area contributed by atoms with E-state index in [2.05, 4.69) is 33.7 Å². The molecule has 4 nitrogen and oxygen atoms in total. The molecule has 0 saturated heterocycles. The summed E-state index contributed by atoms with van der Waals surface area (Å²) in [4.78, 5) is 4.04. The summed E-state index contributed by atoms with van der Waals surface area (Å²) < 4.78 is 1.85. The van der Waals surface area contributed by atoms with E-state index >= 15 is 0 Å². The maximum absolute atomic E-state index is 4.19. The van der Waals surface area contributed by atoms with Gasteiger partial charge < -0.3 is 5.32 Å². The van der Waals surface area contributed by atoms with E-state index in [0.717, 1.165) is 19.3 Å². The van der Waals surface area contributed by atoms with Gasteiger partial charge in [-0.05, 0) is 49.6 Å². The van der Waals surface area contributed by atoms with Gasteiger partial charge in [0.25, 0.3) is 0 Å². The molecule has 1 atom stereocenters. The van der Waals surface area contributed by atoms with Gasteiger partial charge >= 0.3 is 0 Å². The molecule has 0 aliphatic carbocycles. The van der Waals surface area contributed by atoms with Crippen molar-refractivity contribution in [3.05, 3.63) is 48.0 Å². The van der Waals surface area contributed by atoms with Crippen LogP contribution in [-0.4, -0.2) is 27.9 Å². The molecule has 2 aromatic rings. The Bertz CT molecular complexity index is 464. The number of nitrogens with zero attached hydrogens (tertiary/aromatic N) is 3. The van der Waals surface area contributed by atoms with Crippen molar-refractivity contribution < 1.29 is 0 Å². The lowest BCUT2D eigenvalue weighted by Gasteiger charge is -2.15. The lowest BCUT2D eigenvalue weighted by molar-refractivity contribution is 0.520. The first-order valence-corrected chi connectivity index (χ1v) is 6.31. The molecular weight excluding hydrogens is 224 g/mol. The van der Waals surface area contributed by atoms with Crippen LogP contribution in [0.25, 0.3) is 0 Å². The summed E-state index contributed by atoms with van der Waals surface area (Å²) in [6, 6.07) is 4.65. The van der Waals surface area contributed by atoms with E-state index < -0.39 is 0 Å². The Labute approximate surface area is 108 Å². The van der Waals surface area contributed by atoms with Crippen LogP contribution in [0.2, 0.25) is 0 Å². The number of rotatable bonds is 6. The molecule has 2 heterocycles. The quantitative estimate of drug-likeness (QED) is 0.839. The Hall–Kier alpha value is -1.68. The van der Waals surface area contributed by atoms with Gasteiger partial charge in [-0.2, -0.15) is 5.10 Å². The van der Waals surface area contributed by atoms with Gasteiger partial charge in [-0.15, -0.1) is 0 Å². The largest absolute Gasteiger partial charge is 0.317 e. The molecule has 0 aromatic carbocycles. The highest BCUT2D eigenvalue weighted by Gasteiger charge is 2.08. The van der Waals surface area contributed by atoms with Crippen LogP contribution in [0.15, 0.2) is 36.9 Å². The van der Waals surface area contributed by atoms with E-state index in [1.165, 1.54) is 11.1 Å². The number of likely N-dealkylation sites (N-methyl/N-ethyl adjacent to an activating group) is 1. The number of nitrogens with one attached hydrogen (secondary N) is 1. The highest BCUT2D eigenvalue weighted by atomic mass is 15.2. The third-order valence-electron chi connectivity index (χ3n) is 3.18. The van der Waals surface area contributed by atoms with Gasteiger partial charge in [-0.3, -0.25) is 9.67 Å². The second-order valence-electron chi connectivity index (χ2n) is 4.61. The number of hydrogen-bond donors (Lipinski definition) is 1. The molecule has 0 aliphatic rings. The van der Waals surface area contributed by atoms with E-state index in [1.807, 2.05) is 37.4 Å². The first-order valence-electron chi connectivity index (χ1n) is 6.31. The molecule has 0 aliphatic heterocycles. The molecule has 4 heteroatoms. The van der Waals surface area contributed by atoms with Gasteiger partial charge in [0.1, 0.15) is 0 Å². The molecule has 18 heavy (non-hydrogen) atoms. The van der Waals surface area contributed by atoms with Crippen LogP contribution in [0.1, 0.15) is 17.5 Å². The normalized spacial score (nSPS) is 12.6. The van der Waals surface area contributed by atoms with Crippen molar-refractivity contribution in [1.29, 1.82) is 0 Å². The Kier molecular flexibility index (Phi) is 4.47. The molecule has 0 spiro atoms. The minimum atomic E-state index is 0.493. The number of hydrogen-bond acceptors (Lipinski definition) is 3. The van der Waals surface area contributed by atoms with Crippen molar-refractivity contribution >= 4 is 0 Å². The molecule has 96 valence electrons. The van der Waals surface area contributed by atoms with E-state index in [4.69, 9.17) is 0 Å². The second kappa shape index (κ2) is 6.31. The molecule has 0 amide bonds. The third-order valence-corrected chi connectivity index (χ3v) is 3.18. The fraction of sp³-hybridized carbons (Fsp3) is 0.429. The average molecular weight is 244 g/mol. The molecule has 2 aromatic heterocycles. The zero-order chi connectivity index (χ0) is 12.8. The highest BCUT2D eigenvalue weighted by molar-refractivity contribution is 5.12. The molecule has 0 bridgehead atoms. The highest BCUT2D eigenvalue weighted by Crippen LogP contribution is 2.08. The van der Waals surface area contributed by atoms with E-state index in [0.29, 0.717) is 6.04 Å². The van der Waals surface area contributed by atoms with Crippen molar-refractivity contribution in [1.82, 2.24) is 20.1 Å². The Balaban J connectivity index is 1.86. The predicted molar refractivity (Wildman–Crippen MR) is 72.3 cm³/mol. The lowest BCUT2D eigenvalue weighted by atomic mass is 10.0. The van der Waals surface area contributed by atoms with Gasteiger partial charge in [0.2, 0.25) is 0 Å². The average Bonchev–Trinajstić information content (AvgIpc) is 2.81. The SMILES string of the molecule is CNC(CCc1cnn(C)c1)Cc1ccncc1. The van der Waals surface area contributed by atoms with E-state index in [-0.39, 0.29) is 0 Å². The summed E-state index contributed by atoms with van der Waals surface area (Å²) in [7, 11) is 3.98.